The molecule has 6 heteroatoms. The number of guanidine groups is 1. The molecule has 28 heavy (non-hydrogen) atoms. The first-order chi connectivity index (χ1) is 13.4. The predicted molar refractivity (Wildman–Crippen MR) is 113 cm³/mol. The van der Waals surface area contributed by atoms with E-state index in [1.54, 1.807) is 4.57 Å². The smallest absolute Gasteiger partial charge is 0.257 e. The van der Waals surface area contributed by atoms with Crippen molar-refractivity contribution in [2.24, 2.45) is 4.99 Å². The summed E-state index contributed by atoms with van der Waals surface area (Å²) in [6, 6.07) is 15.7. The normalized spacial score (nSPS) is 15.4. The molecule has 0 aliphatic carbocycles. The summed E-state index contributed by atoms with van der Waals surface area (Å²) in [5.74, 6) is 1.05. The van der Waals surface area contributed by atoms with Gasteiger partial charge < -0.3 is 5.32 Å². The number of nitrogens with one attached hydrogen (secondary N) is 2. The molecule has 3 aromatic rings. The van der Waals surface area contributed by atoms with Gasteiger partial charge in [-0.3, -0.25) is 14.7 Å². The van der Waals surface area contributed by atoms with Gasteiger partial charge in [-0.2, -0.15) is 0 Å². The molecule has 1 unspecified atom stereocenters. The minimum absolute atomic E-state index is 0.129. The SMILES string of the molecule is Cc1cccc(C2N=C(Nc3ccc(C)c(C)c3)Nc3nc(C)cc(=O)n32)c1. The third-order valence-electron chi connectivity index (χ3n) is 4.92. The van der Waals surface area contributed by atoms with Crippen LogP contribution in [0.15, 0.2) is 58.3 Å². The fourth-order valence-electron chi connectivity index (χ4n) is 3.32. The van der Waals surface area contributed by atoms with Crippen LogP contribution in [0.25, 0.3) is 0 Å². The zero-order chi connectivity index (χ0) is 19.8. The lowest BCUT2D eigenvalue weighted by molar-refractivity contribution is 0.577. The fourth-order valence-corrected chi connectivity index (χ4v) is 3.32. The molecule has 0 saturated carbocycles. The van der Waals surface area contributed by atoms with Crippen molar-refractivity contribution in [2.45, 2.75) is 33.9 Å². The van der Waals surface area contributed by atoms with Crippen LogP contribution < -0.4 is 16.2 Å². The average Bonchev–Trinajstić information content (AvgIpc) is 2.63. The van der Waals surface area contributed by atoms with Crippen LogP contribution in [0.5, 0.6) is 0 Å². The summed E-state index contributed by atoms with van der Waals surface area (Å²) in [7, 11) is 0. The number of aromatic nitrogens is 2. The van der Waals surface area contributed by atoms with E-state index in [2.05, 4.69) is 41.6 Å². The summed E-state index contributed by atoms with van der Waals surface area (Å²) in [6.07, 6.45) is -0.481. The first-order valence-electron chi connectivity index (χ1n) is 9.26. The molecule has 2 aromatic carbocycles. The average molecular weight is 373 g/mol. The van der Waals surface area contributed by atoms with Gasteiger partial charge in [-0.25, -0.2) is 9.98 Å². The van der Waals surface area contributed by atoms with Crippen molar-refractivity contribution in [3.63, 3.8) is 0 Å². The predicted octanol–water partition coefficient (Wildman–Crippen LogP) is 3.92. The van der Waals surface area contributed by atoms with Crippen molar-refractivity contribution in [1.29, 1.82) is 0 Å². The molecule has 4 rings (SSSR count). The number of rotatable bonds is 2. The fraction of sp³-hybridized carbons (Fsp3) is 0.227. The van der Waals surface area contributed by atoms with Gasteiger partial charge in [-0.1, -0.05) is 35.9 Å². The summed E-state index contributed by atoms with van der Waals surface area (Å²) in [5.41, 5.74) is 5.95. The monoisotopic (exact) mass is 373 g/mol. The maximum absolute atomic E-state index is 12.7. The number of anilines is 2. The first kappa shape index (κ1) is 18.0. The zero-order valence-corrected chi connectivity index (χ0v) is 16.4. The molecular formula is C22H23N5O. The molecular weight excluding hydrogens is 350 g/mol. The quantitative estimate of drug-likeness (QED) is 0.714. The molecule has 0 saturated heterocycles. The van der Waals surface area contributed by atoms with Crippen LogP contribution in [0.2, 0.25) is 0 Å². The Bertz CT molecular complexity index is 1150. The van der Waals surface area contributed by atoms with Crippen LogP contribution >= 0.6 is 0 Å². The Hall–Kier alpha value is -3.41. The Morgan fingerprint density at radius 2 is 1.82 bits per heavy atom. The number of aryl methyl sites for hydroxylation is 4. The molecule has 0 spiro atoms. The summed E-state index contributed by atoms with van der Waals surface area (Å²) in [4.78, 5) is 22.0. The summed E-state index contributed by atoms with van der Waals surface area (Å²) >= 11 is 0. The lowest BCUT2D eigenvalue weighted by Gasteiger charge is -2.27. The van der Waals surface area contributed by atoms with E-state index in [-0.39, 0.29) is 5.56 Å². The highest BCUT2D eigenvalue weighted by molar-refractivity contribution is 6.03. The lowest BCUT2D eigenvalue weighted by atomic mass is 10.1. The Kier molecular flexibility index (Phi) is 4.47. The maximum Gasteiger partial charge on any atom is 0.257 e. The van der Waals surface area contributed by atoms with E-state index < -0.39 is 6.17 Å². The van der Waals surface area contributed by atoms with Gasteiger partial charge in [0.15, 0.2) is 6.17 Å². The second-order valence-corrected chi connectivity index (χ2v) is 7.24. The van der Waals surface area contributed by atoms with Crippen LogP contribution in [-0.2, 0) is 0 Å². The van der Waals surface area contributed by atoms with Crippen molar-refractivity contribution in [1.82, 2.24) is 9.55 Å². The zero-order valence-electron chi connectivity index (χ0n) is 16.4. The summed E-state index contributed by atoms with van der Waals surface area (Å²) in [6.45, 7) is 8.00. The number of benzene rings is 2. The third-order valence-corrected chi connectivity index (χ3v) is 4.92. The summed E-state index contributed by atoms with van der Waals surface area (Å²) in [5, 5.41) is 6.49. The Morgan fingerprint density at radius 3 is 2.57 bits per heavy atom. The highest BCUT2D eigenvalue weighted by atomic mass is 16.1. The molecule has 0 fully saturated rings. The molecule has 0 amide bonds. The number of fused-ring (bicyclic) bond motifs is 1. The van der Waals surface area contributed by atoms with Gasteiger partial charge in [0.2, 0.25) is 11.9 Å². The molecule has 6 nitrogen and oxygen atoms in total. The van der Waals surface area contributed by atoms with Crippen molar-refractivity contribution in [3.05, 3.63) is 86.8 Å². The number of nitrogens with zero attached hydrogens (tertiary/aromatic N) is 3. The van der Waals surface area contributed by atoms with Crippen molar-refractivity contribution >= 4 is 17.6 Å². The van der Waals surface area contributed by atoms with Crippen LogP contribution in [-0.4, -0.2) is 15.5 Å². The van der Waals surface area contributed by atoms with Gasteiger partial charge >= 0.3 is 0 Å². The van der Waals surface area contributed by atoms with Gasteiger partial charge in [0.25, 0.3) is 5.56 Å². The minimum Gasteiger partial charge on any atom is -0.326 e. The largest absolute Gasteiger partial charge is 0.326 e. The molecule has 0 bridgehead atoms. The minimum atomic E-state index is -0.481. The second-order valence-electron chi connectivity index (χ2n) is 7.24. The second kappa shape index (κ2) is 6.96. The van der Waals surface area contributed by atoms with Gasteiger partial charge in [0.05, 0.1) is 0 Å². The third kappa shape index (κ3) is 3.41. The van der Waals surface area contributed by atoms with Gasteiger partial charge in [-0.15, -0.1) is 0 Å². The molecule has 1 aliphatic heterocycles. The molecule has 1 aromatic heterocycles. The van der Waals surface area contributed by atoms with E-state index in [1.165, 1.54) is 17.2 Å². The van der Waals surface area contributed by atoms with Crippen LogP contribution in [0.1, 0.15) is 34.1 Å². The molecule has 1 atom stereocenters. The first-order valence-corrected chi connectivity index (χ1v) is 9.26. The van der Waals surface area contributed by atoms with Crippen molar-refractivity contribution in [2.75, 3.05) is 10.6 Å². The molecule has 0 radical (unpaired) electrons. The van der Waals surface area contributed by atoms with Crippen LogP contribution in [0.3, 0.4) is 0 Å². The van der Waals surface area contributed by atoms with E-state index in [1.807, 2.05) is 44.2 Å². The van der Waals surface area contributed by atoms with Gasteiger partial charge in [0, 0.05) is 17.4 Å². The molecule has 142 valence electrons. The highest BCUT2D eigenvalue weighted by Gasteiger charge is 2.25. The van der Waals surface area contributed by atoms with E-state index in [0.717, 1.165) is 16.8 Å². The molecule has 2 heterocycles. The number of hydrogen-bond donors (Lipinski definition) is 2. The van der Waals surface area contributed by atoms with Crippen molar-refractivity contribution in [3.8, 4) is 0 Å². The molecule has 1 aliphatic rings. The van der Waals surface area contributed by atoms with Crippen molar-refractivity contribution < 1.29 is 0 Å². The van der Waals surface area contributed by atoms with E-state index in [4.69, 9.17) is 4.99 Å². The lowest BCUT2D eigenvalue weighted by Crippen LogP contribution is -2.37. The topological polar surface area (TPSA) is 71.3 Å². The van der Waals surface area contributed by atoms with E-state index in [9.17, 15) is 4.79 Å². The Morgan fingerprint density at radius 1 is 1.00 bits per heavy atom. The van der Waals surface area contributed by atoms with Crippen LogP contribution in [0, 0.1) is 27.7 Å². The Labute approximate surface area is 164 Å². The Balaban J connectivity index is 1.80. The van der Waals surface area contributed by atoms with E-state index >= 15 is 0 Å². The highest BCUT2D eigenvalue weighted by Crippen LogP contribution is 2.26. The van der Waals surface area contributed by atoms with Crippen LogP contribution in [0.4, 0.5) is 11.6 Å². The standard InChI is InChI=1S/C22H23N5O/c1-13-6-5-7-17(10-13)20-25-21(24-18-9-8-14(2)15(3)11-18)26-22-23-16(4)12-19(28)27(20)22/h5-12,20H,1-4H3,(H2,23,24,25,26). The van der Waals surface area contributed by atoms with Gasteiger partial charge in [0.1, 0.15) is 0 Å². The maximum atomic E-state index is 12.7. The number of aliphatic imine (C=N–C) groups is 1. The summed E-state index contributed by atoms with van der Waals surface area (Å²) < 4.78 is 1.59. The van der Waals surface area contributed by atoms with Gasteiger partial charge in [-0.05, 0) is 56.5 Å². The van der Waals surface area contributed by atoms with E-state index in [0.29, 0.717) is 17.6 Å². The number of hydrogen-bond acceptors (Lipinski definition) is 5. The molecule has 2 N–H and O–H groups in total.